The standard InChI is InChI=1S/C18H21ClFN/c1-18(2,3)14-7-5-4-6-13(14)17(21)11-12-8-9-16(20)15(19)10-12/h4-10,17H,11,21H2,1-3H3. The largest absolute Gasteiger partial charge is 0.324 e. The van der Waals surface area contributed by atoms with Gasteiger partial charge in [-0.25, -0.2) is 4.39 Å². The van der Waals surface area contributed by atoms with Crippen LogP contribution in [0.4, 0.5) is 4.39 Å². The number of hydrogen-bond donors (Lipinski definition) is 1. The summed E-state index contributed by atoms with van der Waals surface area (Å²) >= 11 is 5.83. The van der Waals surface area contributed by atoms with Crippen molar-refractivity contribution in [2.45, 2.75) is 38.6 Å². The minimum Gasteiger partial charge on any atom is -0.324 e. The van der Waals surface area contributed by atoms with Gasteiger partial charge in [-0.3, -0.25) is 0 Å². The van der Waals surface area contributed by atoms with Crippen molar-refractivity contribution >= 4 is 11.6 Å². The zero-order valence-electron chi connectivity index (χ0n) is 12.7. The van der Waals surface area contributed by atoms with E-state index in [0.29, 0.717) is 6.42 Å². The molecule has 0 heterocycles. The molecule has 0 aromatic heterocycles. The van der Waals surface area contributed by atoms with E-state index in [1.807, 2.05) is 12.1 Å². The molecule has 1 nitrogen and oxygen atoms in total. The molecule has 0 amide bonds. The second-order valence-electron chi connectivity index (χ2n) is 6.40. The molecular weight excluding hydrogens is 285 g/mol. The molecule has 0 bridgehead atoms. The van der Waals surface area contributed by atoms with Crippen molar-refractivity contribution < 1.29 is 4.39 Å². The smallest absolute Gasteiger partial charge is 0.141 e. The Morgan fingerprint density at radius 3 is 2.43 bits per heavy atom. The molecule has 2 aromatic carbocycles. The quantitative estimate of drug-likeness (QED) is 0.846. The molecule has 0 spiro atoms. The number of halogens is 2. The van der Waals surface area contributed by atoms with Crippen molar-refractivity contribution in [3.8, 4) is 0 Å². The fourth-order valence-electron chi connectivity index (χ4n) is 2.53. The van der Waals surface area contributed by atoms with Crippen LogP contribution in [0.3, 0.4) is 0 Å². The van der Waals surface area contributed by atoms with Gasteiger partial charge in [0.05, 0.1) is 5.02 Å². The van der Waals surface area contributed by atoms with Crippen LogP contribution in [-0.2, 0) is 11.8 Å². The number of rotatable bonds is 3. The topological polar surface area (TPSA) is 26.0 Å². The third kappa shape index (κ3) is 3.84. The van der Waals surface area contributed by atoms with E-state index in [-0.39, 0.29) is 16.5 Å². The third-order valence-corrected chi connectivity index (χ3v) is 3.90. The average Bonchev–Trinajstić information content (AvgIpc) is 2.42. The second-order valence-corrected chi connectivity index (χ2v) is 6.80. The Bertz CT molecular complexity index is 631. The zero-order valence-corrected chi connectivity index (χ0v) is 13.4. The highest BCUT2D eigenvalue weighted by Crippen LogP contribution is 2.30. The molecule has 0 aliphatic rings. The molecule has 21 heavy (non-hydrogen) atoms. The highest BCUT2D eigenvalue weighted by atomic mass is 35.5. The van der Waals surface area contributed by atoms with Gasteiger partial charge in [-0.2, -0.15) is 0 Å². The first-order chi connectivity index (χ1) is 9.79. The Balaban J connectivity index is 2.28. The molecule has 0 fully saturated rings. The lowest BCUT2D eigenvalue weighted by Crippen LogP contribution is -2.21. The summed E-state index contributed by atoms with van der Waals surface area (Å²) in [6.07, 6.45) is 0.632. The Morgan fingerprint density at radius 1 is 1.14 bits per heavy atom. The van der Waals surface area contributed by atoms with Gasteiger partial charge in [-0.15, -0.1) is 0 Å². The molecule has 0 saturated heterocycles. The second kappa shape index (κ2) is 6.17. The van der Waals surface area contributed by atoms with E-state index >= 15 is 0 Å². The monoisotopic (exact) mass is 305 g/mol. The van der Waals surface area contributed by atoms with E-state index in [1.165, 1.54) is 11.6 Å². The van der Waals surface area contributed by atoms with Gasteiger partial charge in [0.2, 0.25) is 0 Å². The number of benzene rings is 2. The van der Waals surface area contributed by atoms with Crippen LogP contribution in [0.25, 0.3) is 0 Å². The van der Waals surface area contributed by atoms with Crippen LogP contribution in [0, 0.1) is 5.82 Å². The SMILES string of the molecule is CC(C)(C)c1ccccc1C(N)Cc1ccc(F)c(Cl)c1. The fourth-order valence-corrected chi connectivity index (χ4v) is 2.74. The summed E-state index contributed by atoms with van der Waals surface area (Å²) in [6.45, 7) is 6.52. The number of hydrogen-bond acceptors (Lipinski definition) is 1. The van der Waals surface area contributed by atoms with E-state index in [4.69, 9.17) is 17.3 Å². The molecule has 0 aliphatic carbocycles. The summed E-state index contributed by atoms with van der Waals surface area (Å²) in [5.74, 6) is -0.399. The van der Waals surface area contributed by atoms with Gasteiger partial charge in [0.1, 0.15) is 5.82 Å². The van der Waals surface area contributed by atoms with E-state index in [1.54, 1.807) is 12.1 Å². The Hall–Kier alpha value is -1.38. The maximum Gasteiger partial charge on any atom is 0.141 e. The molecule has 0 saturated carbocycles. The van der Waals surface area contributed by atoms with Gasteiger partial charge in [0, 0.05) is 6.04 Å². The molecule has 2 N–H and O–H groups in total. The first kappa shape index (κ1) is 16.0. The van der Waals surface area contributed by atoms with Crippen LogP contribution < -0.4 is 5.73 Å². The molecule has 1 atom stereocenters. The van der Waals surface area contributed by atoms with E-state index in [2.05, 4.69) is 32.9 Å². The van der Waals surface area contributed by atoms with Gasteiger partial charge >= 0.3 is 0 Å². The van der Waals surface area contributed by atoms with Crippen molar-refractivity contribution in [2.75, 3.05) is 0 Å². The van der Waals surface area contributed by atoms with Crippen molar-refractivity contribution in [3.05, 3.63) is 70.0 Å². The number of nitrogens with two attached hydrogens (primary N) is 1. The first-order valence-corrected chi connectivity index (χ1v) is 7.46. The van der Waals surface area contributed by atoms with Gasteiger partial charge < -0.3 is 5.73 Å². The predicted molar refractivity (Wildman–Crippen MR) is 87.2 cm³/mol. The van der Waals surface area contributed by atoms with Gasteiger partial charge in [0.15, 0.2) is 0 Å². The summed E-state index contributed by atoms with van der Waals surface area (Å²) in [5.41, 5.74) is 9.73. The highest BCUT2D eigenvalue weighted by molar-refractivity contribution is 6.30. The van der Waals surface area contributed by atoms with Gasteiger partial charge in [0.25, 0.3) is 0 Å². The fraction of sp³-hybridized carbons (Fsp3) is 0.333. The van der Waals surface area contributed by atoms with E-state index in [0.717, 1.165) is 11.1 Å². The molecule has 0 radical (unpaired) electrons. The van der Waals surface area contributed by atoms with Crippen molar-refractivity contribution in [3.63, 3.8) is 0 Å². The molecule has 3 heteroatoms. The van der Waals surface area contributed by atoms with Crippen LogP contribution in [0.1, 0.15) is 43.5 Å². The maximum atomic E-state index is 13.2. The predicted octanol–water partition coefficient (Wildman–Crippen LogP) is 5.02. The summed E-state index contributed by atoms with van der Waals surface area (Å²) < 4.78 is 13.2. The first-order valence-electron chi connectivity index (χ1n) is 7.08. The minimum absolute atomic E-state index is 0.0364. The van der Waals surface area contributed by atoms with Crippen molar-refractivity contribution in [2.24, 2.45) is 5.73 Å². The van der Waals surface area contributed by atoms with Crippen LogP contribution >= 0.6 is 11.6 Å². The van der Waals surface area contributed by atoms with Crippen LogP contribution in [0.5, 0.6) is 0 Å². The van der Waals surface area contributed by atoms with Gasteiger partial charge in [-0.1, -0.05) is 62.7 Å². The van der Waals surface area contributed by atoms with Crippen LogP contribution in [0.15, 0.2) is 42.5 Å². The maximum absolute atomic E-state index is 13.2. The normalized spacial score (nSPS) is 13.2. The Kier molecular flexibility index (Phi) is 4.70. The Morgan fingerprint density at radius 2 is 1.81 bits per heavy atom. The van der Waals surface area contributed by atoms with Crippen molar-refractivity contribution in [1.82, 2.24) is 0 Å². The van der Waals surface area contributed by atoms with Crippen LogP contribution in [0.2, 0.25) is 5.02 Å². The molecular formula is C18H21ClFN. The zero-order chi connectivity index (χ0) is 15.6. The van der Waals surface area contributed by atoms with Crippen molar-refractivity contribution in [1.29, 1.82) is 0 Å². The van der Waals surface area contributed by atoms with E-state index < -0.39 is 5.82 Å². The average molecular weight is 306 g/mol. The lowest BCUT2D eigenvalue weighted by molar-refractivity contribution is 0.568. The Labute approximate surface area is 130 Å². The molecule has 2 rings (SSSR count). The van der Waals surface area contributed by atoms with E-state index in [9.17, 15) is 4.39 Å². The molecule has 2 aromatic rings. The highest BCUT2D eigenvalue weighted by Gasteiger charge is 2.20. The summed E-state index contributed by atoms with van der Waals surface area (Å²) in [6, 6.07) is 12.9. The lowest BCUT2D eigenvalue weighted by atomic mass is 9.81. The summed E-state index contributed by atoms with van der Waals surface area (Å²) in [7, 11) is 0. The molecule has 0 aliphatic heterocycles. The minimum atomic E-state index is -0.399. The molecule has 1 unspecified atom stereocenters. The van der Waals surface area contributed by atoms with Gasteiger partial charge in [-0.05, 0) is 40.7 Å². The van der Waals surface area contributed by atoms with Crippen LogP contribution in [-0.4, -0.2) is 0 Å². The third-order valence-electron chi connectivity index (χ3n) is 3.61. The summed E-state index contributed by atoms with van der Waals surface area (Å²) in [5, 5.41) is 0.142. The summed E-state index contributed by atoms with van der Waals surface area (Å²) in [4.78, 5) is 0. The lowest BCUT2D eigenvalue weighted by Gasteiger charge is -2.26. The molecule has 112 valence electrons.